The van der Waals surface area contributed by atoms with Gasteiger partial charge in [0.05, 0.1) is 6.61 Å². The van der Waals surface area contributed by atoms with Crippen LogP contribution in [-0.2, 0) is 9.53 Å². The number of thiol groups is 1. The average Bonchev–Trinajstić information content (AvgIpc) is 2.56. The molecular weight excluding hydrogens is 348 g/mol. The third-order valence-corrected chi connectivity index (χ3v) is 5.25. The van der Waals surface area contributed by atoms with Crippen LogP contribution in [0.2, 0.25) is 5.02 Å². The van der Waals surface area contributed by atoms with Crippen LogP contribution in [0, 0.1) is 0 Å². The second-order valence-electron chi connectivity index (χ2n) is 6.07. The number of nitrogens with one attached hydrogen (secondary N) is 1. The molecule has 0 saturated carbocycles. The summed E-state index contributed by atoms with van der Waals surface area (Å²) in [5, 5.41) is 3.36. The lowest BCUT2D eigenvalue weighted by atomic mass is 9.88. The predicted molar refractivity (Wildman–Crippen MR) is 97.8 cm³/mol. The zero-order chi connectivity index (χ0) is 17.7. The number of likely N-dealkylation sites (tertiary alicyclic amines) is 1. The number of nitrogens with zero attached hydrogens (tertiary/aromatic N) is 1. The minimum absolute atomic E-state index is 0.260. The van der Waals surface area contributed by atoms with E-state index in [1.165, 1.54) is 0 Å². The number of esters is 1. The highest BCUT2D eigenvalue weighted by Crippen LogP contribution is 2.33. The molecule has 0 bridgehead atoms. The van der Waals surface area contributed by atoms with Crippen molar-refractivity contribution in [2.24, 2.45) is 0 Å². The number of hydrogen-bond acceptors (Lipinski definition) is 5. The number of amides is 1. The van der Waals surface area contributed by atoms with Crippen LogP contribution in [0.5, 0.6) is 0 Å². The maximum atomic E-state index is 12.5. The SMILES string of the molecule is CCOC(=O)C(NC(=O)c1ccc(Cl)cc1)C1(S)CCN(C)CC1. The van der Waals surface area contributed by atoms with E-state index >= 15 is 0 Å². The molecule has 1 amide bonds. The monoisotopic (exact) mass is 370 g/mol. The summed E-state index contributed by atoms with van der Waals surface area (Å²) < 4.78 is 4.54. The molecule has 24 heavy (non-hydrogen) atoms. The van der Waals surface area contributed by atoms with E-state index in [0.29, 0.717) is 23.4 Å². The van der Waals surface area contributed by atoms with E-state index in [9.17, 15) is 9.59 Å². The molecule has 1 saturated heterocycles. The first-order chi connectivity index (χ1) is 11.4. The maximum Gasteiger partial charge on any atom is 0.330 e. The number of halogens is 1. The number of ether oxygens (including phenoxy) is 1. The molecule has 1 aliphatic heterocycles. The smallest absolute Gasteiger partial charge is 0.330 e. The first-order valence-corrected chi connectivity index (χ1v) is 8.82. The molecule has 1 atom stereocenters. The van der Waals surface area contributed by atoms with E-state index in [4.69, 9.17) is 29.0 Å². The summed E-state index contributed by atoms with van der Waals surface area (Å²) in [6.45, 7) is 3.64. The Balaban J connectivity index is 2.18. The molecule has 0 spiro atoms. The van der Waals surface area contributed by atoms with Gasteiger partial charge in [0, 0.05) is 15.3 Å². The van der Waals surface area contributed by atoms with Gasteiger partial charge in [-0.15, -0.1) is 0 Å². The van der Waals surface area contributed by atoms with Crippen molar-refractivity contribution in [2.75, 3.05) is 26.7 Å². The number of piperidine rings is 1. The Bertz CT molecular complexity index is 586. The zero-order valence-electron chi connectivity index (χ0n) is 13.9. The van der Waals surface area contributed by atoms with E-state index in [1.54, 1.807) is 31.2 Å². The van der Waals surface area contributed by atoms with Gasteiger partial charge in [0.15, 0.2) is 0 Å². The van der Waals surface area contributed by atoms with E-state index < -0.39 is 16.8 Å². The molecule has 2 rings (SSSR count). The highest BCUT2D eigenvalue weighted by Gasteiger charge is 2.44. The van der Waals surface area contributed by atoms with Crippen LogP contribution >= 0.6 is 24.2 Å². The summed E-state index contributed by atoms with van der Waals surface area (Å²) in [4.78, 5) is 27.1. The third-order valence-electron chi connectivity index (χ3n) is 4.29. The van der Waals surface area contributed by atoms with Gasteiger partial charge >= 0.3 is 5.97 Å². The molecular formula is C17H23ClN2O3S. The number of hydrogen-bond donors (Lipinski definition) is 2. The average molecular weight is 371 g/mol. The molecule has 1 aromatic carbocycles. The molecule has 1 aliphatic rings. The molecule has 1 N–H and O–H groups in total. The summed E-state index contributed by atoms with van der Waals surface area (Å²) in [6, 6.07) is 5.74. The first kappa shape index (κ1) is 19.1. The molecule has 0 radical (unpaired) electrons. The number of rotatable bonds is 5. The summed E-state index contributed by atoms with van der Waals surface area (Å²) >= 11 is 10.6. The third kappa shape index (κ3) is 4.65. The lowest BCUT2D eigenvalue weighted by Gasteiger charge is -2.41. The Labute approximate surface area is 153 Å². The van der Waals surface area contributed by atoms with Crippen LogP contribution in [0.1, 0.15) is 30.1 Å². The topological polar surface area (TPSA) is 58.6 Å². The quantitative estimate of drug-likeness (QED) is 0.617. The fourth-order valence-corrected chi connectivity index (χ4v) is 3.24. The summed E-state index contributed by atoms with van der Waals surface area (Å²) in [5.74, 6) is -0.781. The Morgan fingerprint density at radius 3 is 2.46 bits per heavy atom. The van der Waals surface area contributed by atoms with Crippen molar-refractivity contribution in [1.29, 1.82) is 0 Å². The highest BCUT2D eigenvalue weighted by molar-refractivity contribution is 7.82. The minimum Gasteiger partial charge on any atom is -0.464 e. The van der Waals surface area contributed by atoms with Crippen molar-refractivity contribution in [1.82, 2.24) is 10.2 Å². The molecule has 0 aliphatic carbocycles. The van der Waals surface area contributed by atoms with Crippen molar-refractivity contribution >= 4 is 36.1 Å². The van der Waals surface area contributed by atoms with Gasteiger partial charge in [-0.25, -0.2) is 4.79 Å². The molecule has 5 nitrogen and oxygen atoms in total. The molecule has 1 unspecified atom stereocenters. The second-order valence-corrected chi connectivity index (χ2v) is 7.40. The van der Waals surface area contributed by atoms with Crippen molar-refractivity contribution in [3.05, 3.63) is 34.9 Å². The molecule has 1 aromatic rings. The van der Waals surface area contributed by atoms with Gasteiger partial charge in [-0.1, -0.05) is 11.6 Å². The van der Waals surface area contributed by atoms with Gasteiger partial charge in [0.1, 0.15) is 6.04 Å². The summed E-state index contributed by atoms with van der Waals surface area (Å²) in [6.07, 6.45) is 1.38. The van der Waals surface area contributed by atoms with Crippen molar-refractivity contribution in [3.63, 3.8) is 0 Å². The molecule has 0 aromatic heterocycles. The summed E-state index contributed by atoms with van der Waals surface area (Å²) in [5.41, 5.74) is 0.443. The standard InChI is InChI=1S/C17H23ClN2O3S/c1-3-23-16(22)14(17(24)8-10-20(2)11-9-17)19-15(21)12-4-6-13(18)7-5-12/h4-7,14,24H,3,8-11H2,1-2H3,(H,19,21). The van der Waals surface area contributed by atoms with Crippen LogP contribution < -0.4 is 5.32 Å². The fourth-order valence-electron chi connectivity index (χ4n) is 2.75. The number of benzene rings is 1. The van der Waals surface area contributed by atoms with Crippen molar-refractivity contribution in [2.45, 2.75) is 30.6 Å². The van der Waals surface area contributed by atoms with E-state index in [1.807, 2.05) is 7.05 Å². The molecule has 132 valence electrons. The maximum absolute atomic E-state index is 12.5. The summed E-state index contributed by atoms with van der Waals surface area (Å²) in [7, 11) is 2.03. The molecule has 1 fully saturated rings. The Morgan fingerprint density at radius 1 is 1.33 bits per heavy atom. The first-order valence-electron chi connectivity index (χ1n) is 7.99. The van der Waals surface area contributed by atoms with Gasteiger partial charge in [-0.3, -0.25) is 4.79 Å². The lowest BCUT2D eigenvalue weighted by Crippen LogP contribution is -2.58. The Hall–Kier alpha value is -1.24. The number of carbonyl (C=O) groups is 2. The van der Waals surface area contributed by atoms with Crippen LogP contribution in [0.4, 0.5) is 0 Å². The minimum atomic E-state index is -0.794. The lowest BCUT2D eigenvalue weighted by molar-refractivity contribution is -0.146. The number of carbonyl (C=O) groups excluding carboxylic acids is 2. The Kier molecular flexibility index (Phi) is 6.54. The van der Waals surface area contributed by atoms with Gasteiger partial charge in [-0.2, -0.15) is 12.6 Å². The van der Waals surface area contributed by atoms with Gasteiger partial charge in [-0.05, 0) is 64.2 Å². The largest absolute Gasteiger partial charge is 0.464 e. The Morgan fingerprint density at radius 2 is 1.92 bits per heavy atom. The normalized spacial score (nSPS) is 18.7. The van der Waals surface area contributed by atoms with E-state index in [0.717, 1.165) is 13.1 Å². The van der Waals surface area contributed by atoms with Crippen LogP contribution in [0.3, 0.4) is 0 Å². The predicted octanol–water partition coefficient (Wildman–Crippen LogP) is 2.40. The van der Waals surface area contributed by atoms with Crippen LogP contribution in [-0.4, -0.2) is 54.3 Å². The van der Waals surface area contributed by atoms with Crippen molar-refractivity contribution in [3.8, 4) is 0 Å². The van der Waals surface area contributed by atoms with Gasteiger partial charge < -0.3 is 15.0 Å². The molecule has 1 heterocycles. The van der Waals surface area contributed by atoms with Crippen molar-refractivity contribution < 1.29 is 14.3 Å². The van der Waals surface area contributed by atoms with E-state index in [2.05, 4.69) is 10.2 Å². The van der Waals surface area contributed by atoms with Gasteiger partial charge in [0.25, 0.3) is 5.91 Å². The zero-order valence-corrected chi connectivity index (χ0v) is 15.6. The second kappa shape index (κ2) is 8.23. The molecule has 7 heteroatoms. The van der Waals surface area contributed by atoms with Crippen LogP contribution in [0.25, 0.3) is 0 Å². The highest BCUT2D eigenvalue weighted by atomic mass is 35.5. The van der Waals surface area contributed by atoms with E-state index in [-0.39, 0.29) is 12.5 Å². The van der Waals surface area contributed by atoms with Crippen LogP contribution in [0.15, 0.2) is 24.3 Å². The fraction of sp³-hybridized carbons (Fsp3) is 0.529. The van der Waals surface area contributed by atoms with Gasteiger partial charge in [0.2, 0.25) is 0 Å².